The molecule has 0 aliphatic rings. The number of fused-ring (bicyclic) bond motifs is 1. The zero-order valence-corrected chi connectivity index (χ0v) is 15.9. The Labute approximate surface area is 164 Å². The van der Waals surface area contributed by atoms with Crippen LogP contribution in [-0.4, -0.2) is 37.0 Å². The van der Waals surface area contributed by atoms with Gasteiger partial charge in [0, 0.05) is 30.8 Å². The molecule has 0 aliphatic heterocycles. The summed E-state index contributed by atoms with van der Waals surface area (Å²) in [5.74, 6) is -4.01. The SMILES string of the molecule is CNc1cc(F)c(Oc2ccnc3cc(OC)c(O[C@@H](C)CO)cc23)c(F)c1F. The number of anilines is 1. The molecule has 2 N–H and O–H groups in total. The number of methoxy groups -OCH3 is 1. The summed E-state index contributed by atoms with van der Waals surface area (Å²) in [6, 6.07) is 5.25. The summed E-state index contributed by atoms with van der Waals surface area (Å²) in [5, 5.41) is 11.9. The van der Waals surface area contributed by atoms with Crippen LogP contribution in [0.5, 0.6) is 23.0 Å². The molecule has 1 atom stereocenters. The number of rotatable bonds is 7. The molecule has 0 saturated heterocycles. The lowest BCUT2D eigenvalue weighted by molar-refractivity contribution is 0.126. The van der Waals surface area contributed by atoms with Gasteiger partial charge in [0.25, 0.3) is 0 Å². The maximum absolute atomic E-state index is 14.3. The first-order valence-electron chi connectivity index (χ1n) is 8.67. The van der Waals surface area contributed by atoms with E-state index in [4.69, 9.17) is 14.2 Å². The van der Waals surface area contributed by atoms with E-state index in [-0.39, 0.29) is 23.8 Å². The summed E-state index contributed by atoms with van der Waals surface area (Å²) in [4.78, 5) is 4.19. The van der Waals surface area contributed by atoms with Gasteiger partial charge < -0.3 is 24.6 Å². The Morgan fingerprint density at radius 2 is 1.86 bits per heavy atom. The predicted molar refractivity (Wildman–Crippen MR) is 101 cm³/mol. The Bertz CT molecular complexity index is 1050. The second kappa shape index (κ2) is 8.44. The highest BCUT2D eigenvalue weighted by Crippen LogP contribution is 2.39. The van der Waals surface area contributed by atoms with Gasteiger partial charge in [-0.15, -0.1) is 0 Å². The van der Waals surface area contributed by atoms with E-state index < -0.39 is 29.3 Å². The van der Waals surface area contributed by atoms with Gasteiger partial charge in [0.1, 0.15) is 11.9 Å². The van der Waals surface area contributed by atoms with Crippen LogP contribution in [0.15, 0.2) is 30.5 Å². The smallest absolute Gasteiger partial charge is 0.206 e. The number of aliphatic hydroxyl groups is 1. The van der Waals surface area contributed by atoms with Crippen molar-refractivity contribution in [2.45, 2.75) is 13.0 Å². The summed E-state index contributed by atoms with van der Waals surface area (Å²) >= 11 is 0. The van der Waals surface area contributed by atoms with Crippen LogP contribution >= 0.6 is 0 Å². The fraction of sp³-hybridized carbons (Fsp3) is 0.250. The molecule has 0 bridgehead atoms. The summed E-state index contributed by atoms with van der Waals surface area (Å²) in [5.41, 5.74) is 0.0711. The van der Waals surface area contributed by atoms with Crippen molar-refractivity contribution in [1.82, 2.24) is 4.98 Å². The third-order valence-electron chi connectivity index (χ3n) is 4.17. The van der Waals surface area contributed by atoms with Gasteiger partial charge in [-0.25, -0.2) is 8.78 Å². The quantitative estimate of drug-likeness (QED) is 0.570. The maximum Gasteiger partial charge on any atom is 0.206 e. The lowest BCUT2D eigenvalue weighted by atomic mass is 10.1. The van der Waals surface area contributed by atoms with Crippen LogP contribution in [0.4, 0.5) is 18.9 Å². The second-order valence-electron chi connectivity index (χ2n) is 6.16. The second-order valence-corrected chi connectivity index (χ2v) is 6.16. The largest absolute Gasteiger partial charge is 0.493 e. The molecule has 0 fully saturated rings. The first kappa shape index (κ1) is 20.5. The summed E-state index contributed by atoms with van der Waals surface area (Å²) < 4.78 is 59.0. The number of nitrogens with one attached hydrogen (secondary N) is 1. The Morgan fingerprint density at radius 1 is 1.10 bits per heavy atom. The topological polar surface area (TPSA) is 72.8 Å². The standard InChI is InChI=1S/C20H19F3N2O4/c1-10(9-26)28-17-6-11-13(8-16(17)27-3)25-5-4-15(11)29-20-12(21)7-14(24-2)18(22)19(20)23/h4-8,10,24,26H,9H2,1-3H3/t10-/m0/s1. The van der Waals surface area contributed by atoms with Gasteiger partial charge in [-0.2, -0.15) is 4.39 Å². The van der Waals surface area contributed by atoms with Gasteiger partial charge in [0.2, 0.25) is 11.6 Å². The van der Waals surface area contributed by atoms with E-state index in [1.54, 1.807) is 13.0 Å². The monoisotopic (exact) mass is 408 g/mol. The van der Waals surface area contributed by atoms with E-state index in [0.29, 0.717) is 16.7 Å². The van der Waals surface area contributed by atoms with E-state index in [1.165, 1.54) is 32.5 Å². The lowest BCUT2D eigenvalue weighted by Gasteiger charge is -2.17. The number of hydrogen-bond acceptors (Lipinski definition) is 6. The van der Waals surface area contributed by atoms with Gasteiger partial charge >= 0.3 is 0 Å². The first-order chi connectivity index (χ1) is 13.9. The third-order valence-corrected chi connectivity index (χ3v) is 4.17. The number of aliphatic hydroxyl groups excluding tert-OH is 1. The highest BCUT2D eigenvalue weighted by molar-refractivity contribution is 5.88. The molecule has 9 heteroatoms. The van der Waals surface area contributed by atoms with Crippen LogP contribution < -0.4 is 19.5 Å². The molecule has 0 radical (unpaired) electrons. The fourth-order valence-corrected chi connectivity index (χ4v) is 2.69. The minimum Gasteiger partial charge on any atom is -0.493 e. The number of benzene rings is 2. The Kier molecular flexibility index (Phi) is 5.97. The minimum atomic E-state index is -1.46. The molecule has 0 saturated carbocycles. The Hall–Kier alpha value is -3.20. The normalized spacial score (nSPS) is 12.0. The van der Waals surface area contributed by atoms with Crippen LogP contribution in [0, 0.1) is 17.5 Å². The van der Waals surface area contributed by atoms with Crippen LogP contribution in [0.3, 0.4) is 0 Å². The number of pyridine rings is 1. The van der Waals surface area contributed by atoms with Crippen LogP contribution in [0.2, 0.25) is 0 Å². The maximum atomic E-state index is 14.3. The molecule has 0 unspecified atom stereocenters. The van der Waals surface area contributed by atoms with Gasteiger partial charge in [0.15, 0.2) is 23.1 Å². The highest BCUT2D eigenvalue weighted by Gasteiger charge is 2.22. The van der Waals surface area contributed by atoms with Gasteiger partial charge in [-0.1, -0.05) is 0 Å². The molecule has 1 heterocycles. The molecular weight excluding hydrogens is 389 g/mol. The van der Waals surface area contributed by atoms with E-state index in [2.05, 4.69) is 10.3 Å². The average Bonchev–Trinajstić information content (AvgIpc) is 2.73. The molecule has 6 nitrogen and oxygen atoms in total. The Morgan fingerprint density at radius 3 is 2.52 bits per heavy atom. The molecule has 3 rings (SSSR count). The summed E-state index contributed by atoms with van der Waals surface area (Å²) in [6.07, 6.45) is 0.850. The van der Waals surface area contributed by atoms with E-state index in [9.17, 15) is 18.3 Å². The van der Waals surface area contributed by atoms with Crippen molar-refractivity contribution < 1.29 is 32.5 Å². The lowest BCUT2D eigenvalue weighted by Crippen LogP contribution is -2.16. The van der Waals surface area contributed by atoms with Crippen LogP contribution in [-0.2, 0) is 0 Å². The molecule has 2 aromatic carbocycles. The number of ether oxygens (including phenoxy) is 3. The first-order valence-corrected chi connectivity index (χ1v) is 8.67. The molecule has 0 amide bonds. The third kappa shape index (κ3) is 4.00. The van der Waals surface area contributed by atoms with Crippen LogP contribution in [0.1, 0.15) is 6.92 Å². The Balaban J connectivity index is 2.11. The van der Waals surface area contributed by atoms with E-state index in [1.807, 2.05) is 0 Å². The predicted octanol–water partition coefficient (Wildman–Crippen LogP) is 4.25. The van der Waals surface area contributed by atoms with Crippen molar-refractivity contribution in [2.75, 3.05) is 26.1 Å². The van der Waals surface area contributed by atoms with Crippen molar-refractivity contribution in [3.8, 4) is 23.0 Å². The molecule has 0 aliphatic carbocycles. The molecule has 29 heavy (non-hydrogen) atoms. The number of nitrogens with zero attached hydrogens (tertiary/aromatic N) is 1. The molecule has 154 valence electrons. The van der Waals surface area contributed by atoms with Crippen molar-refractivity contribution in [1.29, 1.82) is 0 Å². The van der Waals surface area contributed by atoms with Gasteiger partial charge in [-0.3, -0.25) is 4.98 Å². The minimum absolute atomic E-state index is 0.0357. The van der Waals surface area contributed by atoms with Crippen molar-refractivity contribution >= 4 is 16.6 Å². The number of halogens is 3. The molecule has 0 spiro atoms. The van der Waals surface area contributed by atoms with E-state index >= 15 is 0 Å². The zero-order chi connectivity index (χ0) is 21.1. The van der Waals surface area contributed by atoms with Crippen molar-refractivity contribution in [3.63, 3.8) is 0 Å². The van der Waals surface area contributed by atoms with Crippen molar-refractivity contribution in [2.24, 2.45) is 0 Å². The van der Waals surface area contributed by atoms with Gasteiger partial charge in [0.05, 0.1) is 24.9 Å². The fourth-order valence-electron chi connectivity index (χ4n) is 2.69. The molecule has 1 aromatic heterocycles. The number of hydrogen-bond donors (Lipinski definition) is 2. The summed E-state index contributed by atoms with van der Waals surface area (Å²) in [7, 11) is 2.78. The van der Waals surface area contributed by atoms with Gasteiger partial charge in [-0.05, 0) is 19.1 Å². The average molecular weight is 408 g/mol. The van der Waals surface area contributed by atoms with E-state index in [0.717, 1.165) is 6.07 Å². The molecular formula is C20H19F3N2O4. The summed E-state index contributed by atoms with van der Waals surface area (Å²) in [6.45, 7) is 1.42. The van der Waals surface area contributed by atoms with Crippen LogP contribution in [0.25, 0.3) is 10.9 Å². The highest BCUT2D eigenvalue weighted by atomic mass is 19.2. The molecule has 3 aromatic rings. The number of aromatic nitrogens is 1. The van der Waals surface area contributed by atoms with Crippen molar-refractivity contribution in [3.05, 3.63) is 47.9 Å². The zero-order valence-electron chi connectivity index (χ0n) is 15.9.